The van der Waals surface area contributed by atoms with Crippen LogP contribution >= 0.6 is 11.6 Å². The molecule has 0 bridgehead atoms. The van der Waals surface area contributed by atoms with E-state index in [1.807, 2.05) is 0 Å². The van der Waals surface area contributed by atoms with E-state index < -0.39 is 0 Å². The van der Waals surface area contributed by atoms with E-state index in [0.717, 1.165) is 25.7 Å². The molecule has 0 aliphatic heterocycles. The molecular formula is C13H17ClN2O2. The Balaban J connectivity index is 2.17. The predicted octanol–water partition coefficient (Wildman–Crippen LogP) is 2.11. The SMILES string of the molecule is O=C(c1cccc(Cl)n1)N(CCO)C1CCCC1. The molecule has 1 N–H and O–H groups in total. The molecule has 1 heterocycles. The van der Waals surface area contributed by atoms with Gasteiger partial charge in [-0.1, -0.05) is 30.5 Å². The molecule has 1 amide bonds. The highest BCUT2D eigenvalue weighted by molar-refractivity contribution is 6.29. The monoisotopic (exact) mass is 268 g/mol. The highest BCUT2D eigenvalue weighted by Gasteiger charge is 2.27. The lowest BCUT2D eigenvalue weighted by Gasteiger charge is -2.28. The summed E-state index contributed by atoms with van der Waals surface area (Å²) in [6.07, 6.45) is 4.30. The van der Waals surface area contributed by atoms with Crippen LogP contribution < -0.4 is 0 Å². The second-order valence-corrected chi connectivity index (χ2v) is 4.89. The maximum atomic E-state index is 12.4. The molecule has 1 aliphatic rings. The molecule has 98 valence electrons. The van der Waals surface area contributed by atoms with Crippen molar-refractivity contribution in [2.45, 2.75) is 31.7 Å². The Morgan fingerprint density at radius 1 is 1.44 bits per heavy atom. The first kappa shape index (κ1) is 13.3. The summed E-state index contributed by atoms with van der Waals surface area (Å²) >= 11 is 5.80. The fraction of sp³-hybridized carbons (Fsp3) is 0.538. The summed E-state index contributed by atoms with van der Waals surface area (Å²) in [5.74, 6) is -0.140. The van der Waals surface area contributed by atoms with Gasteiger partial charge in [0.05, 0.1) is 6.61 Å². The number of halogens is 1. The zero-order valence-corrected chi connectivity index (χ0v) is 10.9. The van der Waals surface area contributed by atoms with Crippen LogP contribution in [0.25, 0.3) is 0 Å². The third-order valence-electron chi connectivity index (χ3n) is 3.30. The summed E-state index contributed by atoms with van der Waals surface area (Å²) in [5.41, 5.74) is 0.350. The summed E-state index contributed by atoms with van der Waals surface area (Å²) in [7, 11) is 0. The number of amides is 1. The van der Waals surface area contributed by atoms with Crippen molar-refractivity contribution in [3.63, 3.8) is 0 Å². The topological polar surface area (TPSA) is 53.4 Å². The number of carbonyl (C=O) groups excluding carboxylic acids is 1. The van der Waals surface area contributed by atoms with Gasteiger partial charge in [-0.3, -0.25) is 4.79 Å². The van der Waals surface area contributed by atoms with Crippen molar-refractivity contribution >= 4 is 17.5 Å². The van der Waals surface area contributed by atoms with Crippen molar-refractivity contribution in [1.82, 2.24) is 9.88 Å². The largest absolute Gasteiger partial charge is 0.395 e. The third kappa shape index (κ3) is 3.00. The smallest absolute Gasteiger partial charge is 0.272 e. The van der Waals surface area contributed by atoms with Crippen molar-refractivity contribution in [3.05, 3.63) is 29.0 Å². The molecule has 4 nitrogen and oxygen atoms in total. The molecule has 1 aliphatic carbocycles. The molecular weight excluding hydrogens is 252 g/mol. The van der Waals surface area contributed by atoms with Crippen LogP contribution in [-0.4, -0.2) is 40.1 Å². The maximum Gasteiger partial charge on any atom is 0.272 e. The van der Waals surface area contributed by atoms with Crippen LogP contribution in [0.2, 0.25) is 5.15 Å². The third-order valence-corrected chi connectivity index (χ3v) is 3.51. The van der Waals surface area contributed by atoms with Gasteiger partial charge in [-0.15, -0.1) is 0 Å². The number of hydrogen-bond donors (Lipinski definition) is 1. The molecule has 2 rings (SSSR count). The van der Waals surface area contributed by atoms with Gasteiger partial charge in [0.1, 0.15) is 10.8 Å². The lowest BCUT2D eigenvalue weighted by atomic mass is 10.2. The Morgan fingerprint density at radius 2 is 2.17 bits per heavy atom. The molecule has 0 unspecified atom stereocenters. The summed E-state index contributed by atoms with van der Waals surface area (Å²) in [5, 5.41) is 9.42. The van der Waals surface area contributed by atoms with Gasteiger partial charge in [0, 0.05) is 12.6 Å². The molecule has 0 atom stereocenters. The number of rotatable bonds is 4. The minimum absolute atomic E-state index is 0.0250. The number of nitrogens with zero attached hydrogens (tertiary/aromatic N) is 2. The van der Waals surface area contributed by atoms with Crippen LogP contribution in [0, 0.1) is 0 Å². The first-order chi connectivity index (χ1) is 8.72. The second kappa shape index (κ2) is 6.16. The zero-order chi connectivity index (χ0) is 13.0. The van der Waals surface area contributed by atoms with Crippen molar-refractivity contribution in [2.75, 3.05) is 13.2 Å². The minimum Gasteiger partial charge on any atom is -0.395 e. The van der Waals surface area contributed by atoms with E-state index in [0.29, 0.717) is 17.4 Å². The van der Waals surface area contributed by atoms with E-state index in [9.17, 15) is 4.79 Å². The Bertz CT molecular complexity index is 419. The van der Waals surface area contributed by atoms with Gasteiger partial charge in [0.15, 0.2) is 0 Å². The normalized spacial score (nSPS) is 15.9. The lowest BCUT2D eigenvalue weighted by molar-refractivity contribution is 0.0632. The van der Waals surface area contributed by atoms with Crippen LogP contribution in [0.4, 0.5) is 0 Å². The van der Waals surface area contributed by atoms with E-state index in [1.54, 1.807) is 23.1 Å². The second-order valence-electron chi connectivity index (χ2n) is 4.51. The van der Waals surface area contributed by atoms with Gasteiger partial charge in [0.2, 0.25) is 0 Å². The van der Waals surface area contributed by atoms with Crippen LogP contribution in [-0.2, 0) is 0 Å². The van der Waals surface area contributed by atoms with Gasteiger partial charge < -0.3 is 10.0 Å². The standard InChI is InChI=1S/C13H17ClN2O2/c14-12-7-3-6-11(15-12)13(18)16(8-9-17)10-4-1-2-5-10/h3,6-7,10,17H,1-2,4-5,8-9H2. The lowest BCUT2D eigenvalue weighted by Crippen LogP contribution is -2.41. The number of carbonyl (C=O) groups is 1. The zero-order valence-electron chi connectivity index (χ0n) is 10.2. The van der Waals surface area contributed by atoms with E-state index in [-0.39, 0.29) is 18.6 Å². The molecule has 0 saturated heterocycles. The van der Waals surface area contributed by atoms with Crippen molar-refractivity contribution in [2.24, 2.45) is 0 Å². The number of aliphatic hydroxyl groups excluding tert-OH is 1. The summed E-state index contributed by atoms with van der Waals surface area (Å²) in [6, 6.07) is 5.25. The quantitative estimate of drug-likeness (QED) is 0.851. The predicted molar refractivity (Wildman–Crippen MR) is 69.6 cm³/mol. The van der Waals surface area contributed by atoms with Crippen LogP contribution in [0.5, 0.6) is 0 Å². The van der Waals surface area contributed by atoms with Gasteiger partial charge in [-0.2, -0.15) is 0 Å². The molecule has 1 saturated carbocycles. The maximum absolute atomic E-state index is 12.4. The van der Waals surface area contributed by atoms with E-state index in [4.69, 9.17) is 16.7 Å². The highest BCUT2D eigenvalue weighted by Crippen LogP contribution is 2.24. The van der Waals surface area contributed by atoms with Gasteiger partial charge >= 0.3 is 0 Å². The Kier molecular flexibility index (Phi) is 4.55. The number of pyridine rings is 1. The Hall–Kier alpha value is -1.13. The molecule has 5 heteroatoms. The fourth-order valence-electron chi connectivity index (χ4n) is 2.45. The van der Waals surface area contributed by atoms with Gasteiger partial charge in [-0.05, 0) is 25.0 Å². The summed E-state index contributed by atoms with van der Waals surface area (Å²) in [6.45, 7) is 0.334. The van der Waals surface area contributed by atoms with Crippen molar-refractivity contribution in [3.8, 4) is 0 Å². The van der Waals surface area contributed by atoms with Crippen LogP contribution in [0.1, 0.15) is 36.2 Å². The minimum atomic E-state index is -0.140. The summed E-state index contributed by atoms with van der Waals surface area (Å²) < 4.78 is 0. The fourth-order valence-corrected chi connectivity index (χ4v) is 2.61. The molecule has 0 aromatic carbocycles. The Morgan fingerprint density at radius 3 is 2.78 bits per heavy atom. The average molecular weight is 269 g/mol. The van der Waals surface area contributed by atoms with Gasteiger partial charge in [0.25, 0.3) is 5.91 Å². The first-order valence-corrected chi connectivity index (χ1v) is 6.64. The van der Waals surface area contributed by atoms with E-state index >= 15 is 0 Å². The van der Waals surface area contributed by atoms with Crippen LogP contribution in [0.15, 0.2) is 18.2 Å². The molecule has 1 aromatic rings. The van der Waals surface area contributed by atoms with Crippen molar-refractivity contribution in [1.29, 1.82) is 0 Å². The van der Waals surface area contributed by atoms with E-state index in [1.165, 1.54) is 0 Å². The van der Waals surface area contributed by atoms with Crippen LogP contribution in [0.3, 0.4) is 0 Å². The number of aromatic nitrogens is 1. The van der Waals surface area contributed by atoms with Crippen molar-refractivity contribution < 1.29 is 9.90 Å². The van der Waals surface area contributed by atoms with E-state index in [2.05, 4.69) is 4.98 Å². The molecule has 0 radical (unpaired) electrons. The Labute approximate surface area is 112 Å². The first-order valence-electron chi connectivity index (χ1n) is 6.27. The molecule has 1 aromatic heterocycles. The number of hydrogen-bond acceptors (Lipinski definition) is 3. The number of aliphatic hydroxyl groups is 1. The molecule has 0 spiro atoms. The van der Waals surface area contributed by atoms with Gasteiger partial charge in [-0.25, -0.2) is 4.98 Å². The highest BCUT2D eigenvalue weighted by atomic mass is 35.5. The average Bonchev–Trinajstić information content (AvgIpc) is 2.89. The summed E-state index contributed by atoms with van der Waals surface area (Å²) in [4.78, 5) is 18.1. The molecule has 18 heavy (non-hydrogen) atoms. The molecule has 1 fully saturated rings.